The normalized spacial score (nSPS) is 10.9. The smallest absolute Gasteiger partial charge is 0.373 e. The molecule has 24 heavy (non-hydrogen) atoms. The fraction of sp³-hybridized carbons (Fsp3) is 0.167. The van der Waals surface area contributed by atoms with E-state index in [-0.39, 0.29) is 17.1 Å². The first kappa shape index (κ1) is 17.2. The van der Waals surface area contributed by atoms with E-state index in [4.69, 9.17) is 14.3 Å². The lowest BCUT2D eigenvalue weighted by Gasteiger charge is -2.10. The van der Waals surface area contributed by atoms with Crippen molar-refractivity contribution in [3.05, 3.63) is 59.7 Å². The van der Waals surface area contributed by atoms with Crippen LogP contribution in [0, 0.1) is 0 Å². The van der Waals surface area contributed by atoms with E-state index in [2.05, 4.69) is 5.16 Å². The molecule has 0 saturated carbocycles. The van der Waals surface area contributed by atoms with Gasteiger partial charge in [-0.3, -0.25) is 4.79 Å². The number of benzene rings is 2. The fourth-order valence-electron chi connectivity index (χ4n) is 2.10. The molecule has 2 aromatic carbocycles. The fourth-order valence-corrected chi connectivity index (χ4v) is 2.10. The monoisotopic (exact) mass is 327 g/mol. The van der Waals surface area contributed by atoms with Crippen molar-refractivity contribution in [2.45, 2.75) is 6.92 Å². The second-order valence-corrected chi connectivity index (χ2v) is 4.78. The van der Waals surface area contributed by atoms with Crippen molar-refractivity contribution in [2.75, 3.05) is 14.2 Å². The summed E-state index contributed by atoms with van der Waals surface area (Å²) in [5, 5.41) is 3.73. The van der Waals surface area contributed by atoms with Crippen molar-refractivity contribution >= 4 is 17.5 Å². The van der Waals surface area contributed by atoms with Crippen molar-refractivity contribution in [3.8, 4) is 11.5 Å². The molecule has 0 aliphatic heterocycles. The minimum Gasteiger partial charge on any atom is -0.496 e. The highest BCUT2D eigenvalue weighted by Gasteiger charge is 2.21. The third-order valence-corrected chi connectivity index (χ3v) is 3.23. The summed E-state index contributed by atoms with van der Waals surface area (Å²) in [5.41, 5.74) is 0.713. The Morgan fingerprint density at radius 3 is 1.96 bits per heavy atom. The number of oxime groups is 1. The molecule has 2 aromatic rings. The lowest BCUT2D eigenvalue weighted by Crippen LogP contribution is -2.14. The van der Waals surface area contributed by atoms with Crippen molar-refractivity contribution in [2.24, 2.45) is 5.16 Å². The van der Waals surface area contributed by atoms with Crippen LogP contribution in [-0.4, -0.2) is 31.7 Å². The van der Waals surface area contributed by atoms with E-state index in [0.717, 1.165) is 0 Å². The zero-order chi connectivity index (χ0) is 17.5. The van der Waals surface area contributed by atoms with Crippen molar-refractivity contribution < 1.29 is 23.9 Å². The number of ether oxygens (including phenoxy) is 2. The zero-order valence-electron chi connectivity index (χ0n) is 13.6. The Kier molecular flexibility index (Phi) is 5.68. The summed E-state index contributed by atoms with van der Waals surface area (Å²) in [6, 6.07) is 13.6. The average molecular weight is 327 g/mol. The van der Waals surface area contributed by atoms with Crippen LogP contribution < -0.4 is 9.47 Å². The largest absolute Gasteiger partial charge is 0.496 e. The van der Waals surface area contributed by atoms with Gasteiger partial charge in [0.2, 0.25) is 0 Å². The third kappa shape index (κ3) is 3.78. The van der Waals surface area contributed by atoms with Gasteiger partial charge in [0.25, 0.3) is 0 Å². The van der Waals surface area contributed by atoms with Crippen molar-refractivity contribution in [1.29, 1.82) is 0 Å². The SMILES string of the molecule is COc1cccc(OC)c1C(=O)ON=C(C(C)=O)c1ccccc1. The Labute approximate surface area is 139 Å². The summed E-state index contributed by atoms with van der Waals surface area (Å²) in [4.78, 5) is 29.1. The van der Waals surface area contributed by atoms with Crippen molar-refractivity contribution in [1.82, 2.24) is 0 Å². The van der Waals surface area contributed by atoms with Gasteiger partial charge >= 0.3 is 5.97 Å². The second kappa shape index (κ2) is 7.92. The molecule has 6 nitrogen and oxygen atoms in total. The van der Waals surface area contributed by atoms with E-state index in [9.17, 15) is 9.59 Å². The molecule has 2 rings (SSSR count). The molecule has 0 atom stereocenters. The number of methoxy groups -OCH3 is 2. The number of rotatable bonds is 6. The molecule has 124 valence electrons. The first-order chi connectivity index (χ1) is 11.6. The van der Waals surface area contributed by atoms with Gasteiger partial charge in [-0.2, -0.15) is 0 Å². The van der Waals surface area contributed by atoms with Crippen LogP contribution in [0.5, 0.6) is 11.5 Å². The van der Waals surface area contributed by atoms with Gasteiger partial charge in [-0.15, -0.1) is 0 Å². The molecule has 0 heterocycles. The molecule has 6 heteroatoms. The van der Waals surface area contributed by atoms with E-state index in [0.29, 0.717) is 17.1 Å². The highest BCUT2D eigenvalue weighted by Crippen LogP contribution is 2.29. The van der Waals surface area contributed by atoms with Gasteiger partial charge in [0, 0.05) is 12.5 Å². The molecular weight excluding hydrogens is 310 g/mol. The standard InChI is InChI=1S/C18H17NO5/c1-12(20)17(13-8-5-4-6-9-13)19-24-18(21)16-14(22-2)10-7-11-15(16)23-3/h4-11H,1-3H3. The number of carbonyl (C=O) groups is 2. The first-order valence-corrected chi connectivity index (χ1v) is 7.15. The molecule has 0 radical (unpaired) electrons. The van der Waals surface area contributed by atoms with Gasteiger partial charge in [-0.25, -0.2) is 4.79 Å². The van der Waals surface area contributed by atoms with E-state index < -0.39 is 5.97 Å². The average Bonchev–Trinajstić information content (AvgIpc) is 2.61. The maximum absolute atomic E-state index is 12.4. The Morgan fingerprint density at radius 2 is 1.46 bits per heavy atom. The van der Waals surface area contributed by atoms with Crippen LogP contribution in [0.3, 0.4) is 0 Å². The molecule has 0 amide bonds. The highest BCUT2D eigenvalue weighted by atomic mass is 16.7. The van der Waals surface area contributed by atoms with Crippen LogP contribution in [0.1, 0.15) is 22.8 Å². The summed E-state index contributed by atoms with van der Waals surface area (Å²) >= 11 is 0. The van der Waals surface area contributed by atoms with Gasteiger partial charge in [-0.1, -0.05) is 41.6 Å². The molecule has 0 saturated heterocycles. The Balaban J connectivity index is 2.34. The van der Waals surface area contributed by atoms with E-state index in [1.165, 1.54) is 21.1 Å². The molecule has 0 fully saturated rings. The Hall–Kier alpha value is -3.15. The number of hydrogen-bond acceptors (Lipinski definition) is 6. The molecule has 0 unspecified atom stereocenters. The van der Waals surface area contributed by atoms with Crippen LogP contribution in [0.4, 0.5) is 0 Å². The minimum absolute atomic E-state index is 0.0535. The van der Waals surface area contributed by atoms with Gasteiger partial charge in [-0.05, 0) is 12.1 Å². The van der Waals surface area contributed by atoms with Gasteiger partial charge in [0.05, 0.1) is 14.2 Å². The number of hydrogen-bond donors (Lipinski definition) is 0. The summed E-state index contributed by atoms with van der Waals surface area (Å²) in [6.45, 7) is 1.35. The molecule has 0 aromatic heterocycles. The molecule has 0 aliphatic rings. The number of Topliss-reactive ketones (excluding diaryl/α,β-unsaturated/α-hetero) is 1. The van der Waals surface area contributed by atoms with Gasteiger partial charge in [0.1, 0.15) is 17.1 Å². The Bertz CT molecular complexity index is 746. The van der Waals surface area contributed by atoms with Crippen LogP contribution >= 0.6 is 0 Å². The topological polar surface area (TPSA) is 74.2 Å². The van der Waals surface area contributed by atoms with Gasteiger partial charge in [0.15, 0.2) is 11.5 Å². The quantitative estimate of drug-likeness (QED) is 0.463. The molecular formula is C18H17NO5. The molecule has 0 bridgehead atoms. The predicted molar refractivity (Wildman–Crippen MR) is 88.6 cm³/mol. The number of ketones is 1. The summed E-state index contributed by atoms with van der Waals surface area (Å²) in [7, 11) is 2.86. The summed E-state index contributed by atoms with van der Waals surface area (Å²) in [5.74, 6) is -0.516. The molecule has 0 spiro atoms. The lowest BCUT2D eigenvalue weighted by atomic mass is 10.1. The van der Waals surface area contributed by atoms with E-state index in [1.807, 2.05) is 6.07 Å². The van der Waals surface area contributed by atoms with Crippen LogP contribution in [0.2, 0.25) is 0 Å². The van der Waals surface area contributed by atoms with Crippen LogP contribution in [-0.2, 0) is 9.63 Å². The third-order valence-electron chi connectivity index (χ3n) is 3.23. The summed E-state index contributed by atoms with van der Waals surface area (Å²) in [6.07, 6.45) is 0. The second-order valence-electron chi connectivity index (χ2n) is 4.78. The number of carbonyl (C=O) groups excluding carboxylic acids is 2. The summed E-state index contributed by atoms with van der Waals surface area (Å²) < 4.78 is 10.3. The first-order valence-electron chi connectivity index (χ1n) is 7.15. The molecule has 0 N–H and O–H groups in total. The van der Waals surface area contributed by atoms with Crippen LogP contribution in [0.25, 0.3) is 0 Å². The van der Waals surface area contributed by atoms with Crippen LogP contribution in [0.15, 0.2) is 53.7 Å². The maximum atomic E-state index is 12.4. The predicted octanol–water partition coefficient (Wildman–Crippen LogP) is 2.85. The van der Waals surface area contributed by atoms with E-state index in [1.54, 1.807) is 42.5 Å². The maximum Gasteiger partial charge on any atom is 0.373 e. The van der Waals surface area contributed by atoms with E-state index >= 15 is 0 Å². The zero-order valence-corrected chi connectivity index (χ0v) is 13.6. The highest BCUT2D eigenvalue weighted by molar-refractivity contribution is 6.45. The number of nitrogens with zero attached hydrogens (tertiary/aromatic N) is 1. The van der Waals surface area contributed by atoms with Gasteiger partial charge < -0.3 is 14.3 Å². The lowest BCUT2D eigenvalue weighted by molar-refractivity contribution is -0.111. The van der Waals surface area contributed by atoms with Crippen molar-refractivity contribution in [3.63, 3.8) is 0 Å². The Morgan fingerprint density at radius 1 is 0.875 bits per heavy atom. The minimum atomic E-state index is -0.779. The molecule has 0 aliphatic carbocycles.